The first-order valence-electron chi connectivity index (χ1n) is 10.1. The SMILES string of the molecule is COc1cccc2c1NC(=O)C[C@H]2C(=O)N1CCC(CN2CCCC2=O)CC1. The Labute approximate surface area is 165 Å². The molecule has 0 bridgehead atoms. The molecule has 0 radical (unpaired) electrons. The van der Waals surface area contributed by atoms with Gasteiger partial charge in [-0.1, -0.05) is 12.1 Å². The van der Waals surface area contributed by atoms with Gasteiger partial charge in [-0.3, -0.25) is 14.4 Å². The first-order chi connectivity index (χ1) is 13.6. The number of nitrogens with one attached hydrogen (secondary N) is 1. The average molecular weight is 385 g/mol. The maximum atomic E-state index is 13.2. The Morgan fingerprint density at radius 2 is 2.00 bits per heavy atom. The number of ether oxygens (including phenoxy) is 1. The fourth-order valence-corrected chi connectivity index (χ4v) is 4.61. The van der Waals surface area contributed by atoms with Crippen LogP contribution in [0.3, 0.4) is 0 Å². The van der Waals surface area contributed by atoms with Gasteiger partial charge in [0.25, 0.3) is 0 Å². The van der Waals surface area contributed by atoms with E-state index in [1.54, 1.807) is 13.2 Å². The van der Waals surface area contributed by atoms with E-state index >= 15 is 0 Å². The lowest BCUT2D eigenvalue weighted by atomic mass is 9.87. The van der Waals surface area contributed by atoms with Crippen molar-refractivity contribution in [1.29, 1.82) is 0 Å². The Kier molecular flexibility index (Phi) is 5.24. The number of fused-ring (bicyclic) bond motifs is 1. The number of nitrogens with zero attached hydrogens (tertiary/aromatic N) is 2. The molecule has 4 rings (SSSR count). The Bertz CT molecular complexity index is 786. The standard InChI is InChI=1S/C21H27N3O4/c1-28-17-5-2-4-15-16(12-18(25)22-20(15)17)21(27)23-10-7-14(8-11-23)13-24-9-3-6-19(24)26/h2,4-5,14,16H,3,6-13H2,1H3,(H,22,25)/t16-/m1/s1. The number of rotatable bonds is 4. The van der Waals surface area contributed by atoms with E-state index in [9.17, 15) is 14.4 Å². The number of para-hydroxylation sites is 1. The summed E-state index contributed by atoms with van der Waals surface area (Å²) >= 11 is 0. The molecular weight excluding hydrogens is 358 g/mol. The highest BCUT2D eigenvalue weighted by atomic mass is 16.5. The largest absolute Gasteiger partial charge is 0.495 e. The van der Waals surface area contributed by atoms with E-state index < -0.39 is 5.92 Å². The van der Waals surface area contributed by atoms with Crippen molar-refractivity contribution in [3.8, 4) is 5.75 Å². The molecular formula is C21H27N3O4. The number of benzene rings is 1. The van der Waals surface area contributed by atoms with E-state index in [0.29, 0.717) is 36.9 Å². The van der Waals surface area contributed by atoms with Gasteiger partial charge in [0.05, 0.1) is 18.7 Å². The summed E-state index contributed by atoms with van der Waals surface area (Å²) in [7, 11) is 1.56. The fraction of sp³-hybridized carbons (Fsp3) is 0.571. The van der Waals surface area contributed by atoms with Crippen molar-refractivity contribution in [2.45, 2.75) is 38.0 Å². The van der Waals surface area contributed by atoms with Gasteiger partial charge in [0.15, 0.2) is 0 Å². The minimum Gasteiger partial charge on any atom is -0.495 e. The van der Waals surface area contributed by atoms with Gasteiger partial charge in [0.2, 0.25) is 17.7 Å². The highest BCUT2D eigenvalue weighted by Crippen LogP contribution is 2.39. The predicted octanol–water partition coefficient (Wildman–Crippen LogP) is 1.98. The molecule has 3 heterocycles. The van der Waals surface area contributed by atoms with E-state index in [1.165, 1.54) is 0 Å². The van der Waals surface area contributed by atoms with Crippen LogP contribution in [0.4, 0.5) is 5.69 Å². The second-order valence-electron chi connectivity index (χ2n) is 7.94. The minimum absolute atomic E-state index is 0.0139. The molecule has 1 aromatic rings. The fourth-order valence-electron chi connectivity index (χ4n) is 4.61. The maximum absolute atomic E-state index is 13.2. The highest BCUT2D eigenvalue weighted by molar-refractivity contribution is 6.02. The Morgan fingerprint density at radius 3 is 2.68 bits per heavy atom. The van der Waals surface area contributed by atoms with E-state index in [4.69, 9.17) is 4.74 Å². The molecule has 3 aliphatic heterocycles. The lowest BCUT2D eigenvalue weighted by Crippen LogP contribution is -2.44. The molecule has 0 unspecified atom stereocenters. The van der Waals surface area contributed by atoms with Crippen LogP contribution in [-0.4, -0.2) is 60.8 Å². The lowest BCUT2D eigenvalue weighted by molar-refractivity contribution is -0.136. The summed E-state index contributed by atoms with van der Waals surface area (Å²) in [6, 6.07) is 5.54. The van der Waals surface area contributed by atoms with Crippen LogP contribution in [0.25, 0.3) is 0 Å². The molecule has 3 amide bonds. The summed E-state index contributed by atoms with van der Waals surface area (Å²) in [5.74, 6) is 0.691. The molecule has 0 saturated carbocycles. The first kappa shape index (κ1) is 18.8. The number of anilines is 1. The van der Waals surface area contributed by atoms with Crippen molar-refractivity contribution in [3.05, 3.63) is 23.8 Å². The maximum Gasteiger partial charge on any atom is 0.230 e. The molecule has 1 N–H and O–H groups in total. The van der Waals surface area contributed by atoms with Crippen molar-refractivity contribution in [3.63, 3.8) is 0 Å². The summed E-state index contributed by atoms with van der Waals surface area (Å²) in [5, 5.41) is 2.85. The number of piperidine rings is 1. The van der Waals surface area contributed by atoms with Crippen LogP contribution < -0.4 is 10.1 Å². The van der Waals surface area contributed by atoms with Gasteiger partial charge in [-0.2, -0.15) is 0 Å². The number of methoxy groups -OCH3 is 1. The van der Waals surface area contributed by atoms with Crippen molar-refractivity contribution in [1.82, 2.24) is 9.80 Å². The Balaban J connectivity index is 1.42. The van der Waals surface area contributed by atoms with Crippen molar-refractivity contribution in [2.24, 2.45) is 5.92 Å². The normalized spacial score (nSPS) is 22.8. The number of hydrogen-bond donors (Lipinski definition) is 1. The van der Waals surface area contributed by atoms with Gasteiger partial charge in [0, 0.05) is 39.0 Å². The predicted molar refractivity (Wildman–Crippen MR) is 104 cm³/mol. The molecule has 3 aliphatic rings. The second-order valence-corrected chi connectivity index (χ2v) is 7.94. The zero-order chi connectivity index (χ0) is 19.7. The van der Waals surface area contributed by atoms with Crippen molar-refractivity contribution < 1.29 is 19.1 Å². The lowest BCUT2D eigenvalue weighted by Gasteiger charge is -2.36. The van der Waals surface area contributed by atoms with E-state index in [2.05, 4.69) is 5.32 Å². The topological polar surface area (TPSA) is 79.0 Å². The number of amides is 3. The highest BCUT2D eigenvalue weighted by Gasteiger charge is 2.36. The number of likely N-dealkylation sites (tertiary alicyclic amines) is 2. The summed E-state index contributed by atoms with van der Waals surface area (Å²) in [6.07, 6.45) is 3.60. The Hall–Kier alpha value is -2.57. The van der Waals surface area contributed by atoms with Crippen molar-refractivity contribution in [2.75, 3.05) is 38.6 Å². The molecule has 0 aromatic heterocycles. The smallest absolute Gasteiger partial charge is 0.230 e. The van der Waals surface area contributed by atoms with Gasteiger partial charge in [-0.15, -0.1) is 0 Å². The van der Waals surface area contributed by atoms with E-state index in [1.807, 2.05) is 21.9 Å². The van der Waals surface area contributed by atoms with Gasteiger partial charge < -0.3 is 19.9 Å². The molecule has 1 atom stereocenters. The van der Waals surface area contributed by atoms with E-state index in [-0.39, 0.29) is 24.1 Å². The molecule has 7 heteroatoms. The number of hydrogen-bond acceptors (Lipinski definition) is 4. The van der Waals surface area contributed by atoms with Crippen LogP contribution in [0.5, 0.6) is 5.75 Å². The molecule has 0 spiro atoms. The summed E-state index contributed by atoms with van der Waals surface area (Å²) < 4.78 is 5.35. The number of carbonyl (C=O) groups is 3. The third-order valence-corrected chi connectivity index (χ3v) is 6.18. The molecule has 2 saturated heterocycles. The van der Waals surface area contributed by atoms with Gasteiger partial charge in [-0.25, -0.2) is 0 Å². The van der Waals surface area contributed by atoms with Crippen LogP contribution in [0.15, 0.2) is 18.2 Å². The van der Waals surface area contributed by atoms with Crippen LogP contribution >= 0.6 is 0 Å². The van der Waals surface area contributed by atoms with Crippen LogP contribution in [0, 0.1) is 5.92 Å². The molecule has 150 valence electrons. The van der Waals surface area contributed by atoms with E-state index in [0.717, 1.165) is 37.9 Å². The summed E-state index contributed by atoms with van der Waals surface area (Å²) in [4.78, 5) is 41.1. The van der Waals surface area contributed by atoms with Crippen molar-refractivity contribution >= 4 is 23.4 Å². The third-order valence-electron chi connectivity index (χ3n) is 6.18. The summed E-state index contributed by atoms with van der Waals surface area (Å²) in [5.41, 5.74) is 1.44. The quantitative estimate of drug-likeness (QED) is 0.860. The summed E-state index contributed by atoms with van der Waals surface area (Å²) in [6.45, 7) is 3.05. The van der Waals surface area contributed by atoms with Crippen LogP contribution in [0.1, 0.15) is 43.6 Å². The van der Waals surface area contributed by atoms with Gasteiger partial charge in [-0.05, 0) is 36.8 Å². The van der Waals surface area contributed by atoms with Crippen LogP contribution in [-0.2, 0) is 14.4 Å². The van der Waals surface area contributed by atoms with Gasteiger partial charge >= 0.3 is 0 Å². The zero-order valence-corrected chi connectivity index (χ0v) is 16.3. The monoisotopic (exact) mass is 385 g/mol. The minimum atomic E-state index is -0.462. The average Bonchev–Trinajstić information content (AvgIpc) is 3.11. The number of carbonyl (C=O) groups excluding carboxylic acids is 3. The molecule has 7 nitrogen and oxygen atoms in total. The third kappa shape index (κ3) is 3.57. The second kappa shape index (κ2) is 7.81. The molecule has 0 aliphatic carbocycles. The first-order valence-corrected chi connectivity index (χ1v) is 10.1. The molecule has 1 aromatic carbocycles. The Morgan fingerprint density at radius 1 is 1.21 bits per heavy atom. The van der Waals surface area contributed by atoms with Crippen LogP contribution in [0.2, 0.25) is 0 Å². The molecule has 2 fully saturated rings. The zero-order valence-electron chi connectivity index (χ0n) is 16.3. The molecule has 28 heavy (non-hydrogen) atoms. The van der Waals surface area contributed by atoms with Gasteiger partial charge in [0.1, 0.15) is 5.75 Å².